The van der Waals surface area contributed by atoms with Gasteiger partial charge in [-0.1, -0.05) is 32.3 Å². The van der Waals surface area contributed by atoms with E-state index < -0.39 is 6.10 Å². The molecule has 0 saturated heterocycles. The maximum atomic E-state index is 10.0. The first-order valence-corrected chi connectivity index (χ1v) is 6.13. The van der Waals surface area contributed by atoms with Gasteiger partial charge in [0.15, 0.2) is 11.5 Å². The molecule has 96 valence electrons. The molecule has 0 aliphatic carbocycles. The maximum absolute atomic E-state index is 10.0. The third kappa shape index (κ3) is 3.93. The van der Waals surface area contributed by atoms with Gasteiger partial charge in [-0.05, 0) is 24.1 Å². The van der Waals surface area contributed by atoms with Crippen LogP contribution in [0.3, 0.4) is 0 Å². The van der Waals surface area contributed by atoms with E-state index in [9.17, 15) is 5.11 Å². The smallest absolute Gasteiger partial charge is 0.161 e. The Morgan fingerprint density at radius 2 is 1.82 bits per heavy atom. The van der Waals surface area contributed by atoms with E-state index in [4.69, 9.17) is 9.47 Å². The van der Waals surface area contributed by atoms with Crippen molar-refractivity contribution in [3.8, 4) is 11.5 Å². The molecule has 0 heterocycles. The molecule has 0 aromatic heterocycles. The van der Waals surface area contributed by atoms with Crippen LogP contribution in [-0.4, -0.2) is 19.3 Å². The summed E-state index contributed by atoms with van der Waals surface area (Å²) in [7, 11) is 3.21. The van der Waals surface area contributed by atoms with Gasteiger partial charge in [-0.3, -0.25) is 0 Å². The molecule has 0 saturated carbocycles. The highest BCUT2D eigenvalue weighted by atomic mass is 16.5. The molecule has 0 amide bonds. The molecule has 17 heavy (non-hydrogen) atoms. The molecule has 1 atom stereocenters. The summed E-state index contributed by atoms with van der Waals surface area (Å²) in [5.41, 5.74) is 0.888. The Balaban J connectivity index is 2.70. The van der Waals surface area contributed by atoms with Crippen molar-refractivity contribution < 1.29 is 14.6 Å². The van der Waals surface area contributed by atoms with Crippen molar-refractivity contribution in [3.05, 3.63) is 23.8 Å². The molecule has 1 rings (SSSR count). The van der Waals surface area contributed by atoms with E-state index in [1.807, 2.05) is 18.2 Å². The van der Waals surface area contributed by atoms with E-state index >= 15 is 0 Å². The summed E-state index contributed by atoms with van der Waals surface area (Å²) < 4.78 is 10.4. The zero-order chi connectivity index (χ0) is 12.7. The third-order valence-corrected chi connectivity index (χ3v) is 2.87. The molecule has 0 bridgehead atoms. The van der Waals surface area contributed by atoms with E-state index in [0.717, 1.165) is 24.8 Å². The van der Waals surface area contributed by atoms with E-state index in [0.29, 0.717) is 11.5 Å². The third-order valence-electron chi connectivity index (χ3n) is 2.87. The summed E-state index contributed by atoms with van der Waals surface area (Å²) in [5, 5.41) is 10.0. The molecule has 0 aliphatic rings. The Labute approximate surface area is 103 Å². The highest BCUT2D eigenvalue weighted by molar-refractivity contribution is 5.43. The Morgan fingerprint density at radius 1 is 1.12 bits per heavy atom. The van der Waals surface area contributed by atoms with Crippen LogP contribution in [0.15, 0.2) is 18.2 Å². The number of aliphatic hydroxyl groups excluding tert-OH is 1. The van der Waals surface area contributed by atoms with E-state index in [-0.39, 0.29) is 0 Å². The van der Waals surface area contributed by atoms with E-state index in [1.165, 1.54) is 6.42 Å². The second-order valence-electron chi connectivity index (χ2n) is 4.13. The minimum atomic E-state index is -0.415. The topological polar surface area (TPSA) is 38.7 Å². The molecule has 0 aliphatic heterocycles. The van der Waals surface area contributed by atoms with Gasteiger partial charge in [0.1, 0.15) is 0 Å². The van der Waals surface area contributed by atoms with Crippen molar-refractivity contribution in [2.45, 2.75) is 38.7 Å². The number of rotatable bonds is 7. The van der Waals surface area contributed by atoms with Gasteiger partial charge in [-0.15, -0.1) is 0 Å². The quantitative estimate of drug-likeness (QED) is 0.741. The van der Waals surface area contributed by atoms with Crippen LogP contribution in [0.25, 0.3) is 0 Å². The first-order chi connectivity index (χ1) is 8.22. The lowest BCUT2D eigenvalue weighted by Crippen LogP contribution is -1.99. The average molecular weight is 238 g/mol. The molecule has 0 unspecified atom stereocenters. The molecule has 3 heteroatoms. The summed E-state index contributed by atoms with van der Waals surface area (Å²) in [6.45, 7) is 2.16. The molecule has 1 N–H and O–H groups in total. The number of unbranched alkanes of at least 4 members (excludes halogenated alkanes) is 2. The zero-order valence-electron chi connectivity index (χ0n) is 10.9. The first kappa shape index (κ1) is 13.8. The highest BCUT2D eigenvalue weighted by Gasteiger charge is 2.11. The normalized spacial score (nSPS) is 12.2. The number of methoxy groups -OCH3 is 2. The fourth-order valence-electron chi connectivity index (χ4n) is 1.81. The molecular weight excluding hydrogens is 216 g/mol. The predicted octanol–water partition coefficient (Wildman–Crippen LogP) is 3.32. The Morgan fingerprint density at radius 3 is 2.41 bits per heavy atom. The molecule has 3 nitrogen and oxygen atoms in total. The highest BCUT2D eigenvalue weighted by Crippen LogP contribution is 2.31. The number of hydrogen-bond acceptors (Lipinski definition) is 3. The van der Waals surface area contributed by atoms with Crippen LogP contribution in [0.4, 0.5) is 0 Å². The summed E-state index contributed by atoms with van der Waals surface area (Å²) in [6, 6.07) is 5.56. The summed E-state index contributed by atoms with van der Waals surface area (Å²) in [6.07, 6.45) is 3.75. The SMILES string of the molecule is CCCCC[C@@H](O)c1ccc(OC)c(OC)c1. The second-order valence-corrected chi connectivity index (χ2v) is 4.13. The van der Waals surface area contributed by atoms with Crippen LogP contribution in [0, 0.1) is 0 Å². The van der Waals surface area contributed by atoms with Gasteiger partial charge in [0.2, 0.25) is 0 Å². The van der Waals surface area contributed by atoms with Crippen molar-refractivity contribution in [2.24, 2.45) is 0 Å². The number of ether oxygens (including phenoxy) is 2. The largest absolute Gasteiger partial charge is 0.493 e. The van der Waals surface area contributed by atoms with Gasteiger partial charge in [-0.2, -0.15) is 0 Å². The molecule has 0 radical (unpaired) electrons. The summed E-state index contributed by atoms with van der Waals surface area (Å²) in [4.78, 5) is 0. The van der Waals surface area contributed by atoms with Gasteiger partial charge >= 0.3 is 0 Å². The van der Waals surface area contributed by atoms with Crippen molar-refractivity contribution in [3.63, 3.8) is 0 Å². The Hall–Kier alpha value is -1.22. The maximum Gasteiger partial charge on any atom is 0.161 e. The lowest BCUT2D eigenvalue weighted by Gasteiger charge is -2.14. The van der Waals surface area contributed by atoms with Crippen molar-refractivity contribution in [1.29, 1.82) is 0 Å². The van der Waals surface area contributed by atoms with Crippen LogP contribution in [-0.2, 0) is 0 Å². The average Bonchev–Trinajstić information content (AvgIpc) is 2.38. The lowest BCUT2D eigenvalue weighted by molar-refractivity contribution is 0.163. The number of aliphatic hydroxyl groups is 1. The Bertz CT molecular complexity index is 336. The van der Waals surface area contributed by atoms with E-state index in [2.05, 4.69) is 6.92 Å². The summed E-state index contributed by atoms with van der Waals surface area (Å²) >= 11 is 0. The molecule has 0 spiro atoms. The predicted molar refractivity (Wildman–Crippen MR) is 68.6 cm³/mol. The number of benzene rings is 1. The molecular formula is C14H22O3. The summed E-state index contributed by atoms with van der Waals surface area (Å²) in [5.74, 6) is 1.36. The second kappa shape index (κ2) is 7.17. The van der Waals surface area contributed by atoms with Gasteiger partial charge in [0.05, 0.1) is 20.3 Å². The lowest BCUT2D eigenvalue weighted by atomic mass is 10.0. The number of hydrogen-bond donors (Lipinski definition) is 1. The fraction of sp³-hybridized carbons (Fsp3) is 0.571. The standard InChI is InChI=1S/C14H22O3/c1-4-5-6-7-12(15)11-8-9-13(16-2)14(10-11)17-3/h8-10,12,15H,4-7H2,1-3H3/t12-/m1/s1. The van der Waals surface area contributed by atoms with Crippen molar-refractivity contribution in [2.75, 3.05) is 14.2 Å². The molecule has 1 aromatic rings. The van der Waals surface area contributed by atoms with Crippen LogP contribution in [0.5, 0.6) is 11.5 Å². The van der Waals surface area contributed by atoms with Crippen molar-refractivity contribution in [1.82, 2.24) is 0 Å². The molecule has 1 aromatic carbocycles. The minimum Gasteiger partial charge on any atom is -0.493 e. The monoisotopic (exact) mass is 238 g/mol. The zero-order valence-corrected chi connectivity index (χ0v) is 10.9. The van der Waals surface area contributed by atoms with Gasteiger partial charge in [0, 0.05) is 0 Å². The van der Waals surface area contributed by atoms with Crippen LogP contribution in [0.1, 0.15) is 44.3 Å². The Kier molecular flexibility index (Phi) is 5.84. The van der Waals surface area contributed by atoms with E-state index in [1.54, 1.807) is 14.2 Å². The minimum absolute atomic E-state index is 0.415. The van der Waals surface area contributed by atoms with Crippen LogP contribution < -0.4 is 9.47 Å². The van der Waals surface area contributed by atoms with Gasteiger partial charge < -0.3 is 14.6 Å². The first-order valence-electron chi connectivity index (χ1n) is 6.13. The van der Waals surface area contributed by atoms with Crippen LogP contribution in [0.2, 0.25) is 0 Å². The van der Waals surface area contributed by atoms with Gasteiger partial charge in [-0.25, -0.2) is 0 Å². The fourth-order valence-corrected chi connectivity index (χ4v) is 1.81. The van der Waals surface area contributed by atoms with Crippen molar-refractivity contribution >= 4 is 0 Å². The van der Waals surface area contributed by atoms with Crippen LogP contribution >= 0.6 is 0 Å². The van der Waals surface area contributed by atoms with Gasteiger partial charge in [0.25, 0.3) is 0 Å². The molecule has 0 fully saturated rings.